The molecule has 1 aliphatic carbocycles. The van der Waals surface area contributed by atoms with Crippen molar-refractivity contribution in [3.63, 3.8) is 0 Å². The van der Waals surface area contributed by atoms with E-state index in [1.54, 1.807) is 6.92 Å². The summed E-state index contributed by atoms with van der Waals surface area (Å²) in [5.41, 5.74) is 0. The van der Waals surface area contributed by atoms with E-state index in [1.807, 2.05) is 0 Å². The second-order valence-corrected chi connectivity index (χ2v) is 3.53. The molecule has 1 saturated carbocycles. The first kappa shape index (κ1) is 12.0. The van der Waals surface area contributed by atoms with Crippen molar-refractivity contribution in [2.24, 2.45) is 0 Å². The smallest absolute Gasteiger partial charge is 0.397 e. The van der Waals surface area contributed by atoms with Gasteiger partial charge in [0.05, 0.1) is 13.2 Å². The largest absolute Gasteiger partial charge is 0.459 e. The van der Waals surface area contributed by atoms with E-state index in [0.717, 1.165) is 19.3 Å². The fraction of sp³-hybridized carbons (Fsp3) is 0.800. The monoisotopic (exact) mass is 215 g/mol. The Kier molecular flexibility index (Phi) is 4.55. The molecule has 0 radical (unpaired) electrons. The van der Waals surface area contributed by atoms with E-state index in [-0.39, 0.29) is 25.8 Å². The number of ether oxygens (including phenoxy) is 1. The molecule has 1 aliphatic rings. The summed E-state index contributed by atoms with van der Waals surface area (Å²) in [4.78, 5) is 24.2. The predicted molar refractivity (Wildman–Crippen MR) is 53.1 cm³/mol. The third-order valence-electron chi connectivity index (χ3n) is 2.57. The number of carbonyl (C=O) groups is 2. The third-order valence-corrected chi connectivity index (χ3v) is 2.57. The molecule has 0 spiro atoms. The van der Waals surface area contributed by atoms with E-state index in [0.29, 0.717) is 0 Å². The zero-order chi connectivity index (χ0) is 11.3. The topological polar surface area (TPSA) is 66.8 Å². The van der Waals surface area contributed by atoms with Crippen LogP contribution in [0.25, 0.3) is 0 Å². The molecule has 5 nitrogen and oxygen atoms in total. The van der Waals surface area contributed by atoms with Gasteiger partial charge in [-0.25, -0.2) is 4.79 Å². The van der Waals surface area contributed by atoms with E-state index >= 15 is 0 Å². The van der Waals surface area contributed by atoms with Gasteiger partial charge in [-0.2, -0.15) is 0 Å². The molecular formula is C10H17NO4. The summed E-state index contributed by atoms with van der Waals surface area (Å²) < 4.78 is 4.64. The van der Waals surface area contributed by atoms with Crippen LogP contribution in [0.4, 0.5) is 0 Å². The lowest BCUT2D eigenvalue weighted by Gasteiger charge is -2.36. The molecule has 5 heteroatoms. The van der Waals surface area contributed by atoms with Crippen molar-refractivity contribution < 1.29 is 19.4 Å². The van der Waals surface area contributed by atoms with Crippen molar-refractivity contribution in [2.45, 2.75) is 32.2 Å². The summed E-state index contributed by atoms with van der Waals surface area (Å²) >= 11 is 0. The Morgan fingerprint density at radius 3 is 2.53 bits per heavy atom. The van der Waals surface area contributed by atoms with Crippen LogP contribution in [0.1, 0.15) is 26.2 Å². The van der Waals surface area contributed by atoms with Crippen LogP contribution in [-0.4, -0.2) is 47.7 Å². The Morgan fingerprint density at radius 1 is 1.47 bits per heavy atom. The molecule has 1 fully saturated rings. The van der Waals surface area contributed by atoms with Gasteiger partial charge in [0.15, 0.2) is 0 Å². The van der Waals surface area contributed by atoms with E-state index in [1.165, 1.54) is 4.90 Å². The molecule has 86 valence electrons. The van der Waals surface area contributed by atoms with Crippen molar-refractivity contribution >= 4 is 11.9 Å². The van der Waals surface area contributed by atoms with Gasteiger partial charge >= 0.3 is 11.9 Å². The minimum atomic E-state index is -0.821. The number of esters is 1. The van der Waals surface area contributed by atoms with E-state index in [4.69, 9.17) is 5.11 Å². The Hall–Kier alpha value is -1.10. The minimum absolute atomic E-state index is 0.106. The number of hydrogen-bond acceptors (Lipinski definition) is 4. The summed E-state index contributed by atoms with van der Waals surface area (Å²) in [6.45, 7) is 1.94. The first-order chi connectivity index (χ1) is 7.20. The highest BCUT2D eigenvalue weighted by Crippen LogP contribution is 2.24. The standard InChI is InChI=1S/C10H17NO4/c1-2-15-10(14)9(13)11(6-7-12)8-4-3-5-8/h8,12H,2-7H2,1H3. The Balaban J connectivity index is 2.53. The molecule has 0 bridgehead atoms. The van der Waals surface area contributed by atoms with Crippen molar-refractivity contribution in [3.8, 4) is 0 Å². The summed E-state index contributed by atoms with van der Waals surface area (Å²) in [5.74, 6) is -1.45. The molecule has 0 unspecified atom stereocenters. The lowest BCUT2D eigenvalue weighted by Crippen LogP contribution is -2.48. The number of aliphatic hydroxyl groups excluding tert-OH is 1. The first-order valence-corrected chi connectivity index (χ1v) is 5.29. The molecule has 0 aromatic rings. The zero-order valence-electron chi connectivity index (χ0n) is 8.94. The molecule has 15 heavy (non-hydrogen) atoms. The summed E-state index contributed by atoms with van der Waals surface area (Å²) in [6, 6.07) is 0.106. The van der Waals surface area contributed by atoms with Gasteiger partial charge in [0.1, 0.15) is 0 Å². The van der Waals surface area contributed by atoms with Crippen LogP contribution in [0, 0.1) is 0 Å². The molecule has 1 N–H and O–H groups in total. The van der Waals surface area contributed by atoms with Crippen LogP contribution in [0.3, 0.4) is 0 Å². The normalized spacial score (nSPS) is 15.6. The fourth-order valence-corrected chi connectivity index (χ4v) is 1.57. The minimum Gasteiger partial charge on any atom is -0.459 e. The maximum Gasteiger partial charge on any atom is 0.397 e. The second-order valence-electron chi connectivity index (χ2n) is 3.53. The molecule has 0 heterocycles. The summed E-state index contributed by atoms with van der Waals surface area (Å²) in [7, 11) is 0. The lowest BCUT2D eigenvalue weighted by atomic mass is 9.91. The predicted octanol–water partition coefficient (Wildman–Crippen LogP) is -0.0771. The summed E-state index contributed by atoms with van der Waals surface area (Å²) in [5, 5.41) is 8.82. The van der Waals surface area contributed by atoms with E-state index in [2.05, 4.69) is 4.74 Å². The van der Waals surface area contributed by atoms with Crippen LogP contribution in [0.5, 0.6) is 0 Å². The summed E-state index contributed by atoms with van der Waals surface area (Å²) in [6.07, 6.45) is 2.89. The van der Waals surface area contributed by atoms with Crippen LogP contribution in [0.2, 0.25) is 0 Å². The van der Waals surface area contributed by atoms with Crippen LogP contribution in [0.15, 0.2) is 0 Å². The van der Waals surface area contributed by atoms with Crippen molar-refractivity contribution in [3.05, 3.63) is 0 Å². The molecule has 0 aromatic heterocycles. The van der Waals surface area contributed by atoms with E-state index in [9.17, 15) is 9.59 Å². The van der Waals surface area contributed by atoms with Crippen molar-refractivity contribution in [1.82, 2.24) is 4.90 Å². The first-order valence-electron chi connectivity index (χ1n) is 5.29. The number of amides is 1. The average molecular weight is 215 g/mol. The van der Waals surface area contributed by atoms with Crippen LogP contribution in [-0.2, 0) is 14.3 Å². The molecule has 0 saturated heterocycles. The Bertz CT molecular complexity index is 238. The van der Waals surface area contributed by atoms with Crippen molar-refractivity contribution in [1.29, 1.82) is 0 Å². The van der Waals surface area contributed by atoms with Gasteiger partial charge in [0.2, 0.25) is 0 Å². The van der Waals surface area contributed by atoms with Gasteiger partial charge in [0, 0.05) is 12.6 Å². The molecule has 0 aliphatic heterocycles. The molecule has 1 amide bonds. The highest BCUT2D eigenvalue weighted by Gasteiger charge is 2.32. The zero-order valence-corrected chi connectivity index (χ0v) is 8.94. The quantitative estimate of drug-likeness (QED) is 0.526. The van der Waals surface area contributed by atoms with E-state index < -0.39 is 11.9 Å². The maximum absolute atomic E-state index is 11.6. The molecular weight excluding hydrogens is 198 g/mol. The van der Waals surface area contributed by atoms with Gasteiger partial charge in [-0.15, -0.1) is 0 Å². The fourth-order valence-electron chi connectivity index (χ4n) is 1.57. The number of nitrogens with zero attached hydrogens (tertiary/aromatic N) is 1. The molecule has 0 atom stereocenters. The average Bonchev–Trinajstić information content (AvgIpc) is 2.13. The van der Waals surface area contributed by atoms with Gasteiger partial charge < -0.3 is 14.7 Å². The third kappa shape index (κ3) is 2.92. The van der Waals surface area contributed by atoms with Crippen LogP contribution < -0.4 is 0 Å². The van der Waals surface area contributed by atoms with Crippen LogP contribution >= 0.6 is 0 Å². The van der Waals surface area contributed by atoms with Gasteiger partial charge in [-0.3, -0.25) is 4.79 Å². The Morgan fingerprint density at radius 2 is 2.13 bits per heavy atom. The molecule has 1 rings (SSSR count). The number of aliphatic hydroxyl groups is 1. The Labute approximate surface area is 89.0 Å². The molecule has 0 aromatic carbocycles. The number of hydrogen-bond donors (Lipinski definition) is 1. The van der Waals surface area contributed by atoms with Gasteiger partial charge in [-0.1, -0.05) is 0 Å². The number of carbonyl (C=O) groups excluding carboxylic acids is 2. The number of rotatable bonds is 4. The maximum atomic E-state index is 11.6. The van der Waals surface area contributed by atoms with Gasteiger partial charge in [-0.05, 0) is 26.2 Å². The second kappa shape index (κ2) is 5.70. The highest BCUT2D eigenvalue weighted by atomic mass is 16.5. The highest BCUT2D eigenvalue weighted by molar-refractivity contribution is 6.32. The lowest BCUT2D eigenvalue weighted by molar-refractivity contribution is -0.162. The SMILES string of the molecule is CCOC(=O)C(=O)N(CCO)C1CCC1. The van der Waals surface area contributed by atoms with Crippen molar-refractivity contribution in [2.75, 3.05) is 19.8 Å². The van der Waals surface area contributed by atoms with Gasteiger partial charge in [0.25, 0.3) is 0 Å².